The zero-order chi connectivity index (χ0) is 21.3. The average Bonchev–Trinajstić information content (AvgIpc) is 2.70. The minimum absolute atomic E-state index is 0.120. The van der Waals surface area contributed by atoms with Crippen molar-refractivity contribution < 1.29 is 9.53 Å². The number of rotatable bonds is 3. The van der Waals surface area contributed by atoms with Crippen molar-refractivity contribution >= 4 is 5.91 Å². The topological polar surface area (TPSA) is 51.5 Å². The summed E-state index contributed by atoms with van der Waals surface area (Å²) in [5.41, 5.74) is 2.86. The van der Waals surface area contributed by atoms with E-state index < -0.39 is 0 Å². The monoisotopic (exact) mass is 396 g/mol. The molecule has 2 heterocycles. The van der Waals surface area contributed by atoms with Crippen molar-refractivity contribution in [3.63, 3.8) is 0 Å². The van der Waals surface area contributed by atoms with Gasteiger partial charge in [-0.05, 0) is 36.0 Å². The summed E-state index contributed by atoms with van der Waals surface area (Å²) in [4.78, 5) is 28.1. The number of carbonyl (C=O) groups is 1. The second kappa shape index (κ2) is 8.15. The lowest BCUT2D eigenvalue weighted by atomic mass is 9.87. The summed E-state index contributed by atoms with van der Waals surface area (Å²) >= 11 is 0. The highest BCUT2D eigenvalue weighted by atomic mass is 16.5. The predicted octanol–water partition coefficient (Wildman–Crippen LogP) is 3.88. The molecule has 5 heteroatoms. The molecule has 29 heavy (non-hydrogen) atoms. The molecule has 156 valence electrons. The third-order valence-corrected chi connectivity index (χ3v) is 5.85. The molecule has 1 aliphatic rings. The summed E-state index contributed by atoms with van der Waals surface area (Å²) < 4.78 is 8.00. The normalized spacial score (nSPS) is 20.0. The fraction of sp³-hybridized carbons (Fsp3) is 0.500. The highest BCUT2D eigenvalue weighted by molar-refractivity contribution is 5.94. The zero-order valence-electron chi connectivity index (χ0n) is 18.4. The predicted molar refractivity (Wildman–Crippen MR) is 115 cm³/mol. The summed E-state index contributed by atoms with van der Waals surface area (Å²) in [6.07, 6.45) is 0.425. The summed E-state index contributed by atoms with van der Waals surface area (Å²) in [6.45, 7) is 11.2. The molecule has 0 radical (unpaired) electrons. The summed E-state index contributed by atoms with van der Waals surface area (Å²) in [6, 6.07) is 11.7. The number of pyridine rings is 1. The molecule has 2 atom stereocenters. The van der Waals surface area contributed by atoms with Gasteiger partial charge in [0.15, 0.2) is 0 Å². The molecule has 3 rings (SSSR count). The minimum Gasteiger partial charge on any atom is -0.366 e. The molecular formula is C24H32N2O3. The van der Waals surface area contributed by atoms with Crippen LogP contribution >= 0.6 is 0 Å². The molecule has 0 spiro atoms. The lowest BCUT2D eigenvalue weighted by Crippen LogP contribution is -2.52. The van der Waals surface area contributed by atoms with Crippen LogP contribution in [0.15, 0.2) is 41.2 Å². The van der Waals surface area contributed by atoms with Gasteiger partial charge in [-0.3, -0.25) is 9.59 Å². The van der Waals surface area contributed by atoms with Crippen LogP contribution in [-0.2, 0) is 18.2 Å². The van der Waals surface area contributed by atoms with E-state index >= 15 is 0 Å². The van der Waals surface area contributed by atoms with Gasteiger partial charge in [-0.1, -0.05) is 58.0 Å². The third-order valence-electron chi connectivity index (χ3n) is 5.85. The maximum Gasteiger partial charge on any atom is 0.263 e. The van der Waals surface area contributed by atoms with Gasteiger partial charge in [0.2, 0.25) is 0 Å². The van der Waals surface area contributed by atoms with Crippen molar-refractivity contribution in [3.8, 4) is 0 Å². The number of hydrogen-bond acceptors (Lipinski definition) is 3. The molecule has 1 amide bonds. The quantitative estimate of drug-likeness (QED) is 0.791. The highest BCUT2D eigenvalue weighted by Gasteiger charge is 2.38. The van der Waals surface area contributed by atoms with Crippen molar-refractivity contribution in [2.24, 2.45) is 12.5 Å². The van der Waals surface area contributed by atoms with Gasteiger partial charge in [0.1, 0.15) is 11.7 Å². The SMILES string of the molecule is CCc1c(C)cc(C(=O)N2C[C@@H](c3ccccc3)O[C@@H](C(C)(C)C)C2)c(=O)n1C. The Hall–Kier alpha value is -2.40. The second-order valence-electron chi connectivity index (χ2n) is 9.01. The van der Waals surface area contributed by atoms with Crippen molar-refractivity contribution in [2.45, 2.75) is 53.2 Å². The molecule has 0 saturated carbocycles. The smallest absolute Gasteiger partial charge is 0.263 e. The summed E-state index contributed by atoms with van der Waals surface area (Å²) in [5, 5.41) is 0. The lowest BCUT2D eigenvalue weighted by Gasteiger charge is -2.43. The Labute approximate surface area is 173 Å². The maximum atomic E-state index is 13.4. The molecule has 1 aromatic heterocycles. The van der Waals surface area contributed by atoms with E-state index in [9.17, 15) is 9.59 Å². The number of hydrogen-bond donors (Lipinski definition) is 0. The van der Waals surface area contributed by atoms with Gasteiger partial charge in [-0.15, -0.1) is 0 Å². The number of benzene rings is 1. The number of carbonyl (C=O) groups excluding carboxylic acids is 1. The van der Waals surface area contributed by atoms with Crippen LogP contribution in [-0.4, -0.2) is 34.6 Å². The Bertz CT molecular complexity index is 941. The third kappa shape index (κ3) is 4.30. The van der Waals surface area contributed by atoms with Gasteiger partial charge >= 0.3 is 0 Å². The van der Waals surface area contributed by atoms with Crippen LogP contribution < -0.4 is 5.56 Å². The number of nitrogens with zero attached hydrogens (tertiary/aromatic N) is 2. The molecule has 5 nitrogen and oxygen atoms in total. The number of aryl methyl sites for hydroxylation is 1. The van der Waals surface area contributed by atoms with E-state index in [4.69, 9.17) is 4.74 Å². The first-order chi connectivity index (χ1) is 13.6. The van der Waals surface area contributed by atoms with Crippen molar-refractivity contribution in [1.29, 1.82) is 0 Å². The fourth-order valence-corrected chi connectivity index (χ4v) is 4.02. The van der Waals surface area contributed by atoms with Crippen LogP contribution in [0, 0.1) is 12.3 Å². The fourth-order valence-electron chi connectivity index (χ4n) is 4.02. The van der Waals surface area contributed by atoms with Crippen LogP contribution in [0.2, 0.25) is 0 Å². The second-order valence-corrected chi connectivity index (χ2v) is 9.01. The van der Waals surface area contributed by atoms with Crippen LogP contribution in [0.5, 0.6) is 0 Å². The Kier molecular flexibility index (Phi) is 5.99. The van der Waals surface area contributed by atoms with E-state index in [0.717, 1.165) is 23.2 Å². The Morgan fingerprint density at radius 1 is 1.17 bits per heavy atom. The van der Waals surface area contributed by atoms with E-state index in [1.54, 1.807) is 22.6 Å². The van der Waals surface area contributed by atoms with Gasteiger partial charge in [-0.25, -0.2) is 0 Å². The molecule has 0 bridgehead atoms. The largest absolute Gasteiger partial charge is 0.366 e. The minimum atomic E-state index is -0.229. The van der Waals surface area contributed by atoms with Crippen LogP contribution in [0.1, 0.15) is 61.0 Å². The molecule has 1 saturated heterocycles. The lowest BCUT2D eigenvalue weighted by molar-refractivity contribution is -0.119. The van der Waals surface area contributed by atoms with E-state index in [1.807, 2.05) is 44.2 Å². The van der Waals surface area contributed by atoms with Crippen LogP contribution in [0.4, 0.5) is 0 Å². The van der Waals surface area contributed by atoms with Crippen molar-refractivity contribution in [1.82, 2.24) is 9.47 Å². The van der Waals surface area contributed by atoms with E-state index in [1.165, 1.54) is 0 Å². The van der Waals surface area contributed by atoms with E-state index in [2.05, 4.69) is 20.8 Å². The Morgan fingerprint density at radius 2 is 1.83 bits per heavy atom. The molecule has 0 aliphatic carbocycles. The number of morpholine rings is 1. The Morgan fingerprint density at radius 3 is 2.41 bits per heavy atom. The first kappa shape index (κ1) is 21.3. The standard InChI is InChI=1S/C24H32N2O3/c1-7-19-16(2)13-18(22(27)25(19)6)23(28)26-14-20(17-11-9-8-10-12-17)29-21(15-26)24(3,4)5/h8-13,20-21H,7,14-15H2,1-6H3/t20-,21+/m0/s1. The molecule has 2 aromatic rings. The van der Waals surface area contributed by atoms with E-state index in [-0.39, 0.29) is 34.7 Å². The first-order valence-electron chi connectivity index (χ1n) is 10.3. The Balaban J connectivity index is 1.98. The van der Waals surface area contributed by atoms with Crippen molar-refractivity contribution in [2.75, 3.05) is 13.1 Å². The van der Waals surface area contributed by atoms with Gasteiger partial charge in [0.25, 0.3) is 11.5 Å². The highest BCUT2D eigenvalue weighted by Crippen LogP contribution is 2.34. The molecule has 0 N–H and O–H groups in total. The van der Waals surface area contributed by atoms with Gasteiger partial charge in [-0.2, -0.15) is 0 Å². The summed E-state index contributed by atoms with van der Waals surface area (Å²) in [5.74, 6) is -0.213. The zero-order valence-corrected chi connectivity index (χ0v) is 18.4. The van der Waals surface area contributed by atoms with Gasteiger partial charge in [0.05, 0.1) is 12.6 Å². The van der Waals surface area contributed by atoms with Crippen molar-refractivity contribution in [3.05, 3.63) is 69.1 Å². The summed E-state index contributed by atoms with van der Waals surface area (Å²) in [7, 11) is 1.75. The van der Waals surface area contributed by atoms with E-state index in [0.29, 0.717) is 13.1 Å². The number of aromatic nitrogens is 1. The molecule has 1 aromatic carbocycles. The number of ether oxygens (including phenoxy) is 1. The average molecular weight is 397 g/mol. The molecule has 1 aliphatic heterocycles. The van der Waals surface area contributed by atoms with Gasteiger partial charge < -0.3 is 14.2 Å². The maximum absolute atomic E-state index is 13.4. The molecule has 1 fully saturated rings. The first-order valence-corrected chi connectivity index (χ1v) is 10.3. The number of amides is 1. The molecular weight excluding hydrogens is 364 g/mol. The molecule has 0 unspecified atom stereocenters. The van der Waals surface area contributed by atoms with Crippen LogP contribution in [0.3, 0.4) is 0 Å². The van der Waals surface area contributed by atoms with Crippen LogP contribution in [0.25, 0.3) is 0 Å². The van der Waals surface area contributed by atoms with Gasteiger partial charge in [0, 0.05) is 19.3 Å².